The molecular weight excluding hydrogens is 405 g/mol. The zero-order chi connectivity index (χ0) is 20.7. The lowest BCUT2D eigenvalue weighted by Gasteiger charge is -2.09. The summed E-state index contributed by atoms with van der Waals surface area (Å²) in [7, 11) is 2.97. The van der Waals surface area contributed by atoms with Gasteiger partial charge in [-0.05, 0) is 37.3 Å². The lowest BCUT2D eigenvalue weighted by atomic mass is 10.2. The number of nitrogens with zero attached hydrogens (tertiary/aromatic N) is 1. The van der Waals surface area contributed by atoms with Crippen molar-refractivity contribution >= 4 is 46.4 Å². The highest BCUT2D eigenvalue weighted by Gasteiger charge is 2.13. The Morgan fingerprint density at radius 1 is 1.04 bits per heavy atom. The molecule has 9 heteroatoms. The fourth-order valence-corrected chi connectivity index (χ4v) is 2.54. The molecule has 0 atom stereocenters. The number of methoxy groups -OCH3 is 2. The van der Waals surface area contributed by atoms with Crippen molar-refractivity contribution in [3.63, 3.8) is 0 Å². The molecule has 7 nitrogen and oxygen atoms in total. The second kappa shape index (κ2) is 9.96. The van der Waals surface area contributed by atoms with Crippen LogP contribution in [-0.4, -0.2) is 31.7 Å². The molecule has 0 radical (unpaired) electrons. The van der Waals surface area contributed by atoms with Gasteiger partial charge in [0.1, 0.15) is 11.5 Å². The minimum absolute atomic E-state index is 0.0136. The molecule has 0 saturated carbocycles. The van der Waals surface area contributed by atoms with Crippen LogP contribution in [0.3, 0.4) is 0 Å². The molecule has 2 aromatic rings. The first-order valence-electron chi connectivity index (χ1n) is 8.14. The highest BCUT2D eigenvalue weighted by atomic mass is 35.5. The van der Waals surface area contributed by atoms with Crippen molar-refractivity contribution in [2.24, 2.45) is 5.10 Å². The summed E-state index contributed by atoms with van der Waals surface area (Å²) in [5.41, 5.74) is 3.63. The van der Waals surface area contributed by atoms with E-state index in [1.54, 1.807) is 43.3 Å². The average Bonchev–Trinajstić information content (AvgIpc) is 2.68. The summed E-state index contributed by atoms with van der Waals surface area (Å²) in [5.74, 6) is 0.133. The van der Waals surface area contributed by atoms with Gasteiger partial charge in [-0.15, -0.1) is 0 Å². The van der Waals surface area contributed by atoms with E-state index in [1.165, 1.54) is 14.2 Å². The number of anilines is 1. The maximum atomic E-state index is 12.3. The van der Waals surface area contributed by atoms with E-state index in [9.17, 15) is 9.59 Å². The molecule has 0 bridgehead atoms. The van der Waals surface area contributed by atoms with Crippen LogP contribution in [0.2, 0.25) is 10.0 Å². The predicted octanol–water partition coefficient (Wildman–Crippen LogP) is 4.15. The van der Waals surface area contributed by atoms with Gasteiger partial charge in [-0.1, -0.05) is 23.2 Å². The van der Waals surface area contributed by atoms with Gasteiger partial charge in [0.05, 0.1) is 36.2 Å². The van der Waals surface area contributed by atoms with E-state index in [-0.39, 0.29) is 12.3 Å². The molecule has 0 heterocycles. The van der Waals surface area contributed by atoms with Gasteiger partial charge in [0.25, 0.3) is 5.91 Å². The van der Waals surface area contributed by atoms with E-state index in [0.717, 1.165) is 0 Å². The topological polar surface area (TPSA) is 89.0 Å². The number of hydrazone groups is 1. The Hall–Kier alpha value is -2.77. The van der Waals surface area contributed by atoms with Crippen molar-refractivity contribution < 1.29 is 19.1 Å². The molecule has 0 aromatic heterocycles. The van der Waals surface area contributed by atoms with Crippen LogP contribution >= 0.6 is 23.2 Å². The van der Waals surface area contributed by atoms with Crippen LogP contribution in [0.15, 0.2) is 41.5 Å². The Bertz CT molecular complexity index is 916. The SMILES string of the molecule is COc1ccc(C(=O)NN=C(C)CC(=O)Nc2ccc(Cl)c(Cl)c2)c(OC)c1. The molecule has 0 saturated heterocycles. The number of ether oxygens (including phenoxy) is 2. The van der Waals surface area contributed by atoms with Crippen LogP contribution in [0.1, 0.15) is 23.7 Å². The van der Waals surface area contributed by atoms with E-state index in [0.29, 0.717) is 38.5 Å². The first kappa shape index (κ1) is 21.5. The molecule has 2 rings (SSSR count). The van der Waals surface area contributed by atoms with Crippen LogP contribution in [-0.2, 0) is 4.79 Å². The number of hydrogen-bond acceptors (Lipinski definition) is 5. The van der Waals surface area contributed by atoms with Crippen molar-refractivity contribution in [1.29, 1.82) is 0 Å². The zero-order valence-corrected chi connectivity index (χ0v) is 17.0. The molecule has 28 heavy (non-hydrogen) atoms. The first-order chi connectivity index (χ1) is 13.3. The number of halogens is 2. The third-order valence-electron chi connectivity index (χ3n) is 3.62. The number of amides is 2. The smallest absolute Gasteiger partial charge is 0.275 e. The first-order valence-corrected chi connectivity index (χ1v) is 8.90. The maximum Gasteiger partial charge on any atom is 0.275 e. The fourth-order valence-electron chi connectivity index (χ4n) is 2.24. The monoisotopic (exact) mass is 423 g/mol. The van der Waals surface area contributed by atoms with Gasteiger partial charge >= 0.3 is 0 Å². The number of hydrogen-bond donors (Lipinski definition) is 2. The summed E-state index contributed by atoms with van der Waals surface area (Å²) in [5, 5.41) is 7.37. The quantitative estimate of drug-likeness (QED) is 0.517. The molecule has 2 N–H and O–H groups in total. The van der Waals surface area contributed by atoms with E-state index in [1.807, 2.05) is 0 Å². The molecule has 2 amide bonds. The van der Waals surface area contributed by atoms with Gasteiger partial charge in [-0.2, -0.15) is 5.10 Å². The highest BCUT2D eigenvalue weighted by molar-refractivity contribution is 6.42. The maximum absolute atomic E-state index is 12.3. The Morgan fingerprint density at radius 2 is 1.79 bits per heavy atom. The number of rotatable bonds is 7. The average molecular weight is 424 g/mol. The molecular formula is C19H19Cl2N3O4. The van der Waals surface area contributed by atoms with Crippen molar-refractivity contribution in [1.82, 2.24) is 5.43 Å². The summed E-state index contributed by atoms with van der Waals surface area (Å²) < 4.78 is 10.3. The standard InChI is InChI=1S/C19H19Cl2N3O4/c1-11(8-18(25)22-12-4-7-15(20)16(21)9-12)23-24-19(26)14-6-5-13(27-2)10-17(14)28-3/h4-7,9-10H,8H2,1-3H3,(H,22,25)(H,24,26). The minimum atomic E-state index is -0.469. The number of nitrogens with one attached hydrogen (secondary N) is 2. The fraction of sp³-hybridized carbons (Fsp3) is 0.211. The third-order valence-corrected chi connectivity index (χ3v) is 4.36. The summed E-state index contributed by atoms with van der Waals surface area (Å²) in [6.07, 6.45) is -0.0136. The van der Waals surface area contributed by atoms with E-state index >= 15 is 0 Å². The second-order valence-electron chi connectivity index (χ2n) is 5.71. The van der Waals surface area contributed by atoms with Gasteiger partial charge in [0.15, 0.2) is 0 Å². The van der Waals surface area contributed by atoms with Gasteiger partial charge in [-0.25, -0.2) is 5.43 Å². The summed E-state index contributed by atoms with van der Waals surface area (Å²) >= 11 is 11.8. The number of carbonyl (C=O) groups is 2. The van der Waals surface area contributed by atoms with E-state index < -0.39 is 5.91 Å². The largest absolute Gasteiger partial charge is 0.497 e. The molecule has 0 spiro atoms. The van der Waals surface area contributed by atoms with E-state index in [2.05, 4.69) is 15.8 Å². The Morgan fingerprint density at radius 3 is 2.43 bits per heavy atom. The molecule has 0 fully saturated rings. The van der Waals surface area contributed by atoms with Gasteiger partial charge in [-0.3, -0.25) is 9.59 Å². The second-order valence-corrected chi connectivity index (χ2v) is 6.52. The van der Waals surface area contributed by atoms with E-state index in [4.69, 9.17) is 32.7 Å². The van der Waals surface area contributed by atoms with Crippen molar-refractivity contribution in [2.75, 3.05) is 19.5 Å². The summed E-state index contributed by atoms with van der Waals surface area (Å²) in [4.78, 5) is 24.4. The van der Waals surface area contributed by atoms with Crippen LogP contribution in [0.5, 0.6) is 11.5 Å². The lowest BCUT2D eigenvalue weighted by molar-refractivity contribution is -0.115. The van der Waals surface area contributed by atoms with Gasteiger partial charge < -0.3 is 14.8 Å². The Kier molecular flexibility index (Phi) is 7.66. The molecule has 148 valence electrons. The van der Waals surface area contributed by atoms with Gasteiger partial charge in [0, 0.05) is 17.5 Å². The van der Waals surface area contributed by atoms with Crippen LogP contribution in [0, 0.1) is 0 Å². The highest BCUT2D eigenvalue weighted by Crippen LogP contribution is 2.25. The normalized spacial score (nSPS) is 11.0. The van der Waals surface area contributed by atoms with Crippen molar-refractivity contribution in [3.05, 3.63) is 52.0 Å². The zero-order valence-electron chi connectivity index (χ0n) is 15.5. The Labute approximate surface area is 172 Å². The number of carbonyl (C=O) groups excluding carboxylic acids is 2. The summed E-state index contributed by atoms with van der Waals surface area (Å²) in [6.45, 7) is 1.62. The summed E-state index contributed by atoms with van der Waals surface area (Å²) in [6, 6.07) is 9.56. The van der Waals surface area contributed by atoms with Crippen LogP contribution < -0.4 is 20.2 Å². The van der Waals surface area contributed by atoms with Crippen molar-refractivity contribution in [3.8, 4) is 11.5 Å². The molecule has 0 aliphatic carbocycles. The molecule has 0 unspecified atom stereocenters. The lowest BCUT2D eigenvalue weighted by Crippen LogP contribution is -2.22. The Balaban J connectivity index is 1.97. The third kappa shape index (κ3) is 5.87. The van der Waals surface area contributed by atoms with Crippen molar-refractivity contribution in [2.45, 2.75) is 13.3 Å². The van der Waals surface area contributed by atoms with Crippen LogP contribution in [0.4, 0.5) is 5.69 Å². The minimum Gasteiger partial charge on any atom is -0.497 e. The molecule has 2 aromatic carbocycles. The molecule has 0 aliphatic heterocycles. The number of benzene rings is 2. The van der Waals surface area contributed by atoms with Crippen LogP contribution in [0.25, 0.3) is 0 Å². The molecule has 0 aliphatic rings. The van der Waals surface area contributed by atoms with Gasteiger partial charge in [0.2, 0.25) is 5.91 Å². The predicted molar refractivity (Wildman–Crippen MR) is 110 cm³/mol.